The normalized spacial score (nSPS) is 13.6. The van der Waals surface area contributed by atoms with E-state index in [1.807, 2.05) is 0 Å². The maximum absolute atomic E-state index is 6.60. The molecule has 138 valence electrons. The van der Waals surface area contributed by atoms with Crippen LogP contribution in [0.2, 0.25) is 21.6 Å². The van der Waals surface area contributed by atoms with Crippen LogP contribution in [0.3, 0.4) is 0 Å². The summed E-state index contributed by atoms with van der Waals surface area (Å²) >= 11 is -0.491. The summed E-state index contributed by atoms with van der Waals surface area (Å²) < 4.78 is 8.47. The van der Waals surface area contributed by atoms with Crippen molar-refractivity contribution < 1.29 is 4.43 Å². The third-order valence-electron chi connectivity index (χ3n) is 5.71. The Kier molecular flexibility index (Phi) is 12.1. The van der Waals surface area contributed by atoms with E-state index < -0.39 is 29.5 Å². The van der Waals surface area contributed by atoms with Crippen LogP contribution in [0, 0.1) is 0 Å². The Morgan fingerprint density at radius 3 is 1.48 bits per heavy atom. The molecule has 0 saturated carbocycles. The van der Waals surface area contributed by atoms with Crippen LogP contribution in [0.25, 0.3) is 0 Å². The second-order valence-electron chi connectivity index (χ2n) is 8.82. The molecule has 0 atom stereocenters. The summed E-state index contributed by atoms with van der Waals surface area (Å²) in [5, 5.41) is 0.353. The molecule has 0 bridgehead atoms. The van der Waals surface area contributed by atoms with Crippen LogP contribution in [0.4, 0.5) is 0 Å². The van der Waals surface area contributed by atoms with Crippen molar-refractivity contribution in [2.75, 3.05) is 4.62 Å². The van der Waals surface area contributed by atoms with Gasteiger partial charge in [0.25, 0.3) is 0 Å². The average molecular weight is 447 g/mol. The molecule has 2 radical (unpaired) electrons. The van der Waals surface area contributed by atoms with Crippen LogP contribution >= 0.6 is 0 Å². The van der Waals surface area contributed by atoms with Gasteiger partial charge in [0.05, 0.1) is 0 Å². The van der Waals surface area contributed by atoms with Crippen molar-refractivity contribution in [2.45, 2.75) is 121 Å². The Morgan fingerprint density at radius 2 is 1.17 bits per heavy atom. The van der Waals surface area contributed by atoms with Crippen LogP contribution in [0.5, 0.6) is 0 Å². The van der Waals surface area contributed by atoms with Crippen molar-refractivity contribution in [3.05, 3.63) is 0 Å². The Balaban J connectivity index is 4.82. The Morgan fingerprint density at radius 1 is 0.783 bits per heavy atom. The molecule has 3 heteroatoms. The summed E-state index contributed by atoms with van der Waals surface area (Å²) in [6.07, 6.45) is 12.8. The Labute approximate surface area is 159 Å². The van der Waals surface area contributed by atoms with E-state index in [0.717, 1.165) is 4.62 Å². The van der Waals surface area contributed by atoms with E-state index in [9.17, 15) is 0 Å². The second kappa shape index (κ2) is 11.6. The monoisotopic (exact) mass is 448 g/mol. The molecule has 0 rings (SSSR count). The summed E-state index contributed by atoms with van der Waals surface area (Å²) in [6.45, 7) is 19.0. The standard InChI is InChI=1S/C13H27.C7H17OSi.Sn/c1-4-7-10-13(11-8-5-2)12-9-6-3;1-7(2,3)9(5,6)8-4;/h4-12H2,1-3H3;4H2,1-3,5-6H3;. The van der Waals surface area contributed by atoms with E-state index in [0.29, 0.717) is 8.47 Å². The van der Waals surface area contributed by atoms with Crippen molar-refractivity contribution in [3.8, 4) is 0 Å². The van der Waals surface area contributed by atoms with Crippen molar-refractivity contribution >= 4 is 29.5 Å². The molecule has 0 spiro atoms. The van der Waals surface area contributed by atoms with Gasteiger partial charge >= 0.3 is 159 Å². The number of rotatable bonds is 13. The molecule has 0 aromatic heterocycles. The summed E-state index contributed by atoms with van der Waals surface area (Å²) in [6, 6.07) is 0. The molecule has 0 saturated heterocycles. The quantitative estimate of drug-likeness (QED) is 0.267. The van der Waals surface area contributed by atoms with Gasteiger partial charge < -0.3 is 0 Å². The summed E-state index contributed by atoms with van der Waals surface area (Å²) in [5.41, 5.74) is 0. The number of unbranched alkanes of at least 4 members (excludes halogenated alkanes) is 3. The maximum atomic E-state index is 6.60. The minimum absolute atomic E-state index is 0.353. The van der Waals surface area contributed by atoms with Gasteiger partial charge in [-0.15, -0.1) is 0 Å². The first-order valence-electron chi connectivity index (χ1n) is 10.0. The van der Waals surface area contributed by atoms with Crippen LogP contribution in [-0.4, -0.2) is 34.1 Å². The van der Waals surface area contributed by atoms with Gasteiger partial charge in [0.15, 0.2) is 0 Å². The molecule has 0 fully saturated rings. The first-order chi connectivity index (χ1) is 10.6. The van der Waals surface area contributed by atoms with Crippen molar-refractivity contribution in [1.82, 2.24) is 0 Å². The van der Waals surface area contributed by atoms with Crippen molar-refractivity contribution in [2.24, 2.45) is 0 Å². The molecular formula is C20H44OSiSn. The first kappa shape index (κ1) is 24.0. The third kappa shape index (κ3) is 9.30. The fourth-order valence-electron chi connectivity index (χ4n) is 2.77. The average Bonchev–Trinajstić information content (AvgIpc) is 2.47. The zero-order valence-electron chi connectivity index (χ0n) is 17.5. The summed E-state index contributed by atoms with van der Waals surface area (Å²) in [5.74, 6) is 0. The summed E-state index contributed by atoms with van der Waals surface area (Å²) in [7, 11) is -1.56. The molecule has 0 unspecified atom stereocenters. The second-order valence-corrected chi connectivity index (χ2v) is 18.5. The molecule has 23 heavy (non-hydrogen) atoms. The molecular weight excluding hydrogens is 403 g/mol. The topological polar surface area (TPSA) is 9.23 Å². The van der Waals surface area contributed by atoms with Crippen molar-refractivity contribution in [3.63, 3.8) is 0 Å². The van der Waals surface area contributed by atoms with Crippen molar-refractivity contribution in [1.29, 1.82) is 0 Å². The third-order valence-corrected chi connectivity index (χ3v) is 16.1. The Bertz CT molecular complexity index is 275. The van der Waals surface area contributed by atoms with Gasteiger partial charge in [0, 0.05) is 0 Å². The molecule has 0 aromatic rings. The molecule has 0 aromatic carbocycles. The zero-order chi connectivity index (χ0) is 18.0. The van der Waals surface area contributed by atoms with Gasteiger partial charge in [-0.25, -0.2) is 0 Å². The number of hydrogen-bond donors (Lipinski definition) is 0. The van der Waals surface area contributed by atoms with Gasteiger partial charge in [0.2, 0.25) is 0 Å². The van der Waals surface area contributed by atoms with E-state index in [-0.39, 0.29) is 0 Å². The SMILES string of the molecule is CCCC[C](CCCC)(CCCC)[Sn][CH2]O[Si](C)(C)C(C)(C)C. The molecule has 0 aliphatic heterocycles. The van der Waals surface area contributed by atoms with Gasteiger partial charge in [-0.2, -0.15) is 0 Å². The zero-order valence-corrected chi connectivity index (χ0v) is 21.3. The number of hydrogen-bond acceptors (Lipinski definition) is 1. The van der Waals surface area contributed by atoms with Crippen LogP contribution in [-0.2, 0) is 4.43 Å². The summed E-state index contributed by atoms with van der Waals surface area (Å²) in [4.78, 5) is 0. The van der Waals surface area contributed by atoms with Crippen LogP contribution in [0.15, 0.2) is 0 Å². The van der Waals surface area contributed by atoms with E-state index in [1.165, 1.54) is 57.8 Å². The molecule has 1 nitrogen and oxygen atoms in total. The van der Waals surface area contributed by atoms with Crippen LogP contribution < -0.4 is 0 Å². The van der Waals surface area contributed by atoms with Gasteiger partial charge in [-0.05, 0) is 0 Å². The fourth-order valence-corrected chi connectivity index (χ4v) is 11.2. The van der Waals surface area contributed by atoms with E-state index in [4.69, 9.17) is 4.43 Å². The van der Waals surface area contributed by atoms with Gasteiger partial charge in [0.1, 0.15) is 0 Å². The van der Waals surface area contributed by atoms with Gasteiger partial charge in [-0.1, -0.05) is 0 Å². The Hall–Kier alpha value is 0.976. The van der Waals surface area contributed by atoms with Gasteiger partial charge in [-0.3, -0.25) is 0 Å². The first-order valence-corrected chi connectivity index (χ1v) is 16.4. The molecule has 0 heterocycles. The van der Waals surface area contributed by atoms with E-state index >= 15 is 0 Å². The fraction of sp³-hybridized carbons (Fsp3) is 1.00. The molecule has 0 amide bonds. The predicted octanol–water partition coefficient (Wildman–Crippen LogP) is 7.40. The molecule has 0 aliphatic rings. The predicted molar refractivity (Wildman–Crippen MR) is 110 cm³/mol. The molecule has 0 N–H and O–H groups in total. The minimum atomic E-state index is -1.56. The molecule has 0 aliphatic carbocycles. The van der Waals surface area contributed by atoms with E-state index in [1.54, 1.807) is 0 Å². The van der Waals surface area contributed by atoms with E-state index in [2.05, 4.69) is 54.6 Å². The van der Waals surface area contributed by atoms with Crippen LogP contribution in [0.1, 0.15) is 99.3 Å².